The molecule has 1 aromatic heterocycles. The van der Waals surface area contributed by atoms with Gasteiger partial charge in [-0.25, -0.2) is 9.78 Å². The van der Waals surface area contributed by atoms with E-state index in [1.165, 1.54) is 4.90 Å². The number of likely N-dealkylation sites (tertiary alicyclic amines) is 1. The van der Waals surface area contributed by atoms with Gasteiger partial charge in [-0.15, -0.1) is 0 Å². The Hall–Kier alpha value is -1.82. The van der Waals surface area contributed by atoms with E-state index in [-0.39, 0.29) is 13.1 Å². The summed E-state index contributed by atoms with van der Waals surface area (Å²) in [4.78, 5) is 17.3. The third-order valence-electron chi connectivity index (χ3n) is 3.21. The standard InChI is InChI=1S/C14H21N3O3/c1-9-5-6-16-11(15)10(9)14(19)7-17(8-14)12(18)20-13(2,3)4/h5-6,19H,7-8H2,1-4H3,(H2,15,16). The molecule has 6 heteroatoms. The maximum Gasteiger partial charge on any atom is 0.410 e. The van der Waals surface area contributed by atoms with E-state index in [1.807, 2.05) is 6.92 Å². The number of amides is 1. The van der Waals surface area contributed by atoms with Gasteiger partial charge in [0.05, 0.1) is 13.1 Å². The molecule has 0 bridgehead atoms. The van der Waals surface area contributed by atoms with Crippen LogP contribution < -0.4 is 5.73 Å². The van der Waals surface area contributed by atoms with E-state index in [1.54, 1.807) is 33.0 Å². The van der Waals surface area contributed by atoms with Crippen molar-refractivity contribution in [3.8, 4) is 0 Å². The quantitative estimate of drug-likeness (QED) is 0.811. The topological polar surface area (TPSA) is 88.7 Å². The fraction of sp³-hybridized carbons (Fsp3) is 0.571. The summed E-state index contributed by atoms with van der Waals surface area (Å²) in [6, 6.07) is 1.79. The van der Waals surface area contributed by atoms with E-state index in [2.05, 4.69) is 4.98 Å². The maximum absolute atomic E-state index is 11.9. The van der Waals surface area contributed by atoms with Crippen LogP contribution in [0.4, 0.5) is 10.6 Å². The molecule has 0 spiro atoms. The summed E-state index contributed by atoms with van der Waals surface area (Å²) in [5.74, 6) is 0.302. The van der Waals surface area contributed by atoms with Crippen molar-refractivity contribution in [3.63, 3.8) is 0 Å². The van der Waals surface area contributed by atoms with Crippen LogP contribution in [0.15, 0.2) is 12.3 Å². The largest absolute Gasteiger partial charge is 0.444 e. The molecule has 6 nitrogen and oxygen atoms in total. The molecule has 1 amide bonds. The molecule has 0 atom stereocenters. The number of ether oxygens (including phenoxy) is 1. The summed E-state index contributed by atoms with van der Waals surface area (Å²) < 4.78 is 5.26. The number of carbonyl (C=O) groups excluding carboxylic acids is 1. The van der Waals surface area contributed by atoms with Crippen molar-refractivity contribution < 1.29 is 14.6 Å². The molecule has 0 saturated carbocycles. The first-order valence-corrected chi connectivity index (χ1v) is 6.54. The molecular formula is C14H21N3O3. The van der Waals surface area contributed by atoms with Crippen LogP contribution in [0, 0.1) is 6.92 Å². The molecule has 2 heterocycles. The van der Waals surface area contributed by atoms with Gasteiger partial charge in [-0.1, -0.05) is 0 Å². The Labute approximate surface area is 118 Å². The molecular weight excluding hydrogens is 258 g/mol. The summed E-state index contributed by atoms with van der Waals surface area (Å²) in [5.41, 5.74) is 5.61. The van der Waals surface area contributed by atoms with Gasteiger partial charge in [0.2, 0.25) is 0 Å². The highest BCUT2D eigenvalue weighted by Gasteiger charge is 2.48. The second-order valence-electron chi connectivity index (χ2n) is 6.26. The van der Waals surface area contributed by atoms with Crippen LogP contribution in [-0.2, 0) is 10.3 Å². The van der Waals surface area contributed by atoms with Gasteiger partial charge in [-0.2, -0.15) is 0 Å². The van der Waals surface area contributed by atoms with Gasteiger partial charge in [0.1, 0.15) is 17.0 Å². The fourth-order valence-electron chi connectivity index (χ4n) is 2.38. The number of β-amino-alcohol motifs (C(OH)–C–C–N with tert-alkyl or cyclic N) is 1. The Balaban J connectivity index is 2.10. The average molecular weight is 279 g/mol. The molecule has 1 aromatic rings. The lowest BCUT2D eigenvalue weighted by Gasteiger charge is -2.47. The molecule has 3 N–H and O–H groups in total. The molecule has 1 aliphatic rings. The van der Waals surface area contributed by atoms with Crippen molar-refractivity contribution in [2.75, 3.05) is 18.8 Å². The minimum Gasteiger partial charge on any atom is -0.444 e. The van der Waals surface area contributed by atoms with Crippen LogP contribution in [0.2, 0.25) is 0 Å². The number of carbonyl (C=O) groups is 1. The van der Waals surface area contributed by atoms with Crippen molar-refractivity contribution in [3.05, 3.63) is 23.4 Å². The lowest BCUT2D eigenvalue weighted by atomic mass is 9.84. The zero-order valence-corrected chi connectivity index (χ0v) is 12.3. The number of pyridine rings is 1. The Kier molecular flexibility index (Phi) is 3.37. The van der Waals surface area contributed by atoms with Gasteiger partial charge >= 0.3 is 6.09 Å². The molecule has 0 radical (unpaired) electrons. The number of nitrogen functional groups attached to an aromatic ring is 1. The smallest absolute Gasteiger partial charge is 0.410 e. The molecule has 0 aliphatic carbocycles. The highest BCUT2D eigenvalue weighted by molar-refractivity contribution is 5.70. The Bertz CT molecular complexity index is 511. The Morgan fingerprint density at radius 1 is 1.50 bits per heavy atom. The van der Waals surface area contributed by atoms with Crippen LogP contribution in [0.5, 0.6) is 0 Å². The van der Waals surface area contributed by atoms with Gasteiger partial charge in [-0.3, -0.25) is 0 Å². The lowest BCUT2D eigenvalue weighted by molar-refractivity contribution is -0.103. The van der Waals surface area contributed by atoms with E-state index >= 15 is 0 Å². The normalized spacial score (nSPS) is 17.6. The summed E-state index contributed by atoms with van der Waals surface area (Å²) in [7, 11) is 0. The van der Waals surface area contributed by atoms with Crippen molar-refractivity contribution >= 4 is 11.9 Å². The Morgan fingerprint density at radius 3 is 2.60 bits per heavy atom. The van der Waals surface area contributed by atoms with Crippen molar-refractivity contribution in [2.24, 2.45) is 0 Å². The highest BCUT2D eigenvalue weighted by atomic mass is 16.6. The minimum absolute atomic E-state index is 0.165. The van der Waals surface area contributed by atoms with Crippen molar-refractivity contribution in [1.82, 2.24) is 9.88 Å². The third kappa shape index (κ3) is 2.70. The number of hydrogen-bond acceptors (Lipinski definition) is 5. The van der Waals surface area contributed by atoms with Crippen LogP contribution >= 0.6 is 0 Å². The van der Waals surface area contributed by atoms with E-state index in [0.717, 1.165) is 5.56 Å². The average Bonchev–Trinajstić information content (AvgIpc) is 2.22. The number of aryl methyl sites for hydroxylation is 1. The number of anilines is 1. The molecule has 1 saturated heterocycles. The number of aliphatic hydroxyl groups is 1. The van der Waals surface area contributed by atoms with Gasteiger partial charge < -0.3 is 20.5 Å². The SMILES string of the molecule is Cc1ccnc(N)c1C1(O)CN(C(=O)OC(C)(C)C)C1. The van der Waals surface area contributed by atoms with Crippen LogP contribution in [0.3, 0.4) is 0 Å². The molecule has 0 unspecified atom stereocenters. The molecule has 2 rings (SSSR count). The molecule has 110 valence electrons. The predicted octanol–water partition coefficient (Wildman–Crippen LogP) is 1.41. The Morgan fingerprint density at radius 2 is 2.10 bits per heavy atom. The monoisotopic (exact) mass is 279 g/mol. The first kappa shape index (κ1) is 14.6. The zero-order chi connectivity index (χ0) is 15.1. The summed E-state index contributed by atoms with van der Waals surface area (Å²) in [6.45, 7) is 7.61. The van der Waals surface area contributed by atoms with Crippen molar-refractivity contribution in [1.29, 1.82) is 0 Å². The van der Waals surface area contributed by atoms with Crippen LogP contribution in [-0.4, -0.2) is 39.8 Å². The zero-order valence-electron chi connectivity index (χ0n) is 12.3. The van der Waals surface area contributed by atoms with E-state index in [0.29, 0.717) is 11.4 Å². The summed E-state index contributed by atoms with van der Waals surface area (Å²) in [6.07, 6.45) is 1.17. The predicted molar refractivity (Wildman–Crippen MR) is 75.1 cm³/mol. The maximum atomic E-state index is 11.9. The van der Waals surface area contributed by atoms with Crippen LogP contribution in [0.25, 0.3) is 0 Å². The number of aromatic nitrogens is 1. The summed E-state index contributed by atoms with van der Waals surface area (Å²) in [5, 5.41) is 10.6. The first-order valence-electron chi connectivity index (χ1n) is 6.54. The van der Waals surface area contributed by atoms with Gasteiger partial charge in [0.25, 0.3) is 0 Å². The second kappa shape index (κ2) is 4.63. The number of nitrogens with two attached hydrogens (primary N) is 1. The van der Waals surface area contributed by atoms with Crippen molar-refractivity contribution in [2.45, 2.75) is 38.9 Å². The van der Waals surface area contributed by atoms with Gasteiger partial charge in [0.15, 0.2) is 0 Å². The summed E-state index contributed by atoms with van der Waals surface area (Å²) >= 11 is 0. The molecule has 20 heavy (non-hydrogen) atoms. The van der Waals surface area contributed by atoms with Crippen LogP contribution in [0.1, 0.15) is 31.9 Å². The lowest BCUT2D eigenvalue weighted by Crippen LogP contribution is -2.62. The number of rotatable bonds is 1. The van der Waals surface area contributed by atoms with Gasteiger partial charge in [-0.05, 0) is 39.3 Å². The molecule has 1 aliphatic heterocycles. The minimum atomic E-state index is -1.14. The molecule has 1 fully saturated rings. The highest BCUT2D eigenvalue weighted by Crippen LogP contribution is 2.37. The first-order chi connectivity index (χ1) is 9.12. The third-order valence-corrected chi connectivity index (χ3v) is 3.21. The number of nitrogens with zero attached hydrogens (tertiary/aromatic N) is 2. The van der Waals surface area contributed by atoms with E-state index < -0.39 is 17.3 Å². The van der Waals surface area contributed by atoms with Gasteiger partial charge in [0, 0.05) is 11.8 Å². The number of hydrogen-bond donors (Lipinski definition) is 2. The van der Waals surface area contributed by atoms with E-state index in [4.69, 9.17) is 10.5 Å². The second-order valence-corrected chi connectivity index (χ2v) is 6.26. The fourth-order valence-corrected chi connectivity index (χ4v) is 2.38. The molecule has 0 aromatic carbocycles. The van der Waals surface area contributed by atoms with E-state index in [9.17, 15) is 9.90 Å².